The Morgan fingerprint density at radius 3 is 2.54 bits per heavy atom. The second kappa shape index (κ2) is 8.68. The lowest BCUT2D eigenvalue weighted by molar-refractivity contribution is 0.281. The molecule has 0 saturated carbocycles. The predicted molar refractivity (Wildman–Crippen MR) is 101 cm³/mol. The maximum atomic E-state index is 5.78. The number of hydrogen-bond acceptors (Lipinski definition) is 4. The van der Waals surface area contributed by atoms with Gasteiger partial charge in [-0.1, -0.05) is 17.7 Å². The zero-order chi connectivity index (χ0) is 17.5. The highest BCUT2D eigenvalue weighted by Crippen LogP contribution is 2.16. The number of guanidine groups is 1. The Labute approximate surface area is 148 Å². The SMILES string of the molecule is CN=C(NCc1sc(C)nc1C)N(C)CCOc1ccc(C)cc1. The maximum absolute atomic E-state index is 5.78. The summed E-state index contributed by atoms with van der Waals surface area (Å²) >= 11 is 1.72. The number of rotatable bonds is 6. The molecule has 2 rings (SSSR count). The van der Waals surface area contributed by atoms with Crippen molar-refractivity contribution in [3.05, 3.63) is 45.4 Å². The molecule has 1 N–H and O–H groups in total. The molecule has 1 heterocycles. The van der Waals surface area contributed by atoms with E-state index < -0.39 is 0 Å². The fourth-order valence-corrected chi connectivity index (χ4v) is 3.20. The van der Waals surface area contributed by atoms with Crippen LogP contribution in [0, 0.1) is 20.8 Å². The van der Waals surface area contributed by atoms with Crippen LogP contribution in [0.4, 0.5) is 0 Å². The zero-order valence-electron chi connectivity index (χ0n) is 15.1. The Hall–Kier alpha value is -2.08. The van der Waals surface area contributed by atoms with Crippen LogP contribution in [0.15, 0.2) is 29.3 Å². The van der Waals surface area contributed by atoms with Crippen molar-refractivity contribution in [2.75, 3.05) is 27.2 Å². The number of aromatic nitrogens is 1. The van der Waals surface area contributed by atoms with Gasteiger partial charge in [-0.15, -0.1) is 11.3 Å². The third kappa shape index (κ3) is 5.23. The van der Waals surface area contributed by atoms with Crippen LogP contribution < -0.4 is 10.1 Å². The molecule has 0 aliphatic heterocycles. The lowest BCUT2D eigenvalue weighted by Gasteiger charge is -2.22. The Kier molecular flexibility index (Phi) is 6.61. The summed E-state index contributed by atoms with van der Waals surface area (Å²) in [5, 5.41) is 4.48. The number of thiazole rings is 1. The lowest BCUT2D eigenvalue weighted by Crippen LogP contribution is -2.40. The van der Waals surface area contributed by atoms with Crippen molar-refractivity contribution in [1.29, 1.82) is 0 Å². The molecule has 0 aliphatic carbocycles. The van der Waals surface area contributed by atoms with Gasteiger partial charge in [0.15, 0.2) is 5.96 Å². The quantitative estimate of drug-likeness (QED) is 0.645. The maximum Gasteiger partial charge on any atom is 0.193 e. The van der Waals surface area contributed by atoms with E-state index in [9.17, 15) is 0 Å². The van der Waals surface area contributed by atoms with Gasteiger partial charge in [-0.05, 0) is 32.9 Å². The van der Waals surface area contributed by atoms with Crippen molar-refractivity contribution in [3.8, 4) is 5.75 Å². The summed E-state index contributed by atoms with van der Waals surface area (Å²) in [5.74, 6) is 1.75. The second-order valence-corrected chi connectivity index (χ2v) is 7.01. The third-order valence-electron chi connectivity index (χ3n) is 3.70. The summed E-state index contributed by atoms with van der Waals surface area (Å²) in [6.07, 6.45) is 0. The van der Waals surface area contributed by atoms with E-state index >= 15 is 0 Å². The van der Waals surface area contributed by atoms with Gasteiger partial charge >= 0.3 is 0 Å². The van der Waals surface area contributed by atoms with Crippen molar-refractivity contribution in [1.82, 2.24) is 15.2 Å². The average Bonchev–Trinajstić information content (AvgIpc) is 2.87. The molecule has 1 aromatic heterocycles. The molecule has 0 atom stereocenters. The number of likely N-dealkylation sites (N-methyl/N-ethyl adjacent to an activating group) is 1. The smallest absolute Gasteiger partial charge is 0.193 e. The van der Waals surface area contributed by atoms with Crippen molar-refractivity contribution >= 4 is 17.3 Å². The number of nitrogens with zero attached hydrogens (tertiary/aromatic N) is 3. The Morgan fingerprint density at radius 1 is 1.25 bits per heavy atom. The molecule has 0 radical (unpaired) electrons. The number of aliphatic imine (C=N–C) groups is 1. The first-order valence-electron chi connectivity index (χ1n) is 8.03. The van der Waals surface area contributed by atoms with Gasteiger partial charge in [0.05, 0.1) is 23.8 Å². The summed E-state index contributed by atoms with van der Waals surface area (Å²) in [4.78, 5) is 12.1. The summed E-state index contributed by atoms with van der Waals surface area (Å²) in [6.45, 7) is 8.26. The molecule has 0 spiro atoms. The summed E-state index contributed by atoms with van der Waals surface area (Å²) in [7, 11) is 3.81. The van der Waals surface area contributed by atoms with Gasteiger partial charge in [0.2, 0.25) is 0 Å². The third-order valence-corrected chi connectivity index (χ3v) is 4.77. The van der Waals surface area contributed by atoms with Gasteiger partial charge in [0, 0.05) is 19.0 Å². The molecule has 2 aromatic rings. The minimum atomic E-state index is 0.610. The first-order valence-corrected chi connectivity index (χ1v) is 8.85. The van der Waals surface area contributed by atoms with Crippen LogP contribution in [-0.4, -0.2) is 43.1 Å². The van der Waals surface area contributed by atoms with E-state index in [0.29, 0.717) is 6.61 Å². The molecule has 1 aromatic carbocycles. The van der Waals surface area contributed by atoms with Crippen molar-refractivity contribution in [2.45, 2.75) is 27.3 Å². The van der Waals surface area contributed by atoms with E-state index in [1.807, 2.05) is 33.0 Å². The largest absolute Gasteiger partial charge is 0.492 e. The minimum absolute atomic E-state index is 0.610. The summed E-state index contributed by atoms with van der Waals surface area (Å²) in [6, 6.07) is 8.10. The highest BCUT2D eigenvalue weighted by Gasteiger charge is 2.09. The Morgan fingerprint density at radius 2 is 1.96 bits per heavy atom. The van der Waals surface area contributed by atoms with Crippen molar-refractivity contribution in [3.63, 3.8) is 0 Å². The number of hydrogen-bond donors (Lipinski definition) is 1. The normalized spacial score (nSPS) is 11.5. The highest BCUT2D eigenvalue weighted by molar-refractivity contribution is 7.11. The van der Waals surface area contributed by atoms with E-state index in [1.54, 1.807) is 18.4 Å². The molecule has 6 heteroatoms. The Bertz CT molecular complexity index is 679. The van der Waals surface area contributed by atoms with E-state index in [2.05, 4.69) is 39.2 Å². The monoisotopic (exact) mass is 346 g/mol. The molecule has 0 aliphatic rings. The molecule has 0 bridgehead atoms. The average molecular weight is 347 g/mol. The number of ether oxygens (including phenoxy) is 1. The van der Waals surface area contributed by atoms with Gasteiger partial charge < -0.3 is 15.0 Å². The first kappa shape index (κ1) is 18.3. The van der Waals surface area contributed by atoms with E-state index in [1.165, 1.54) is 10.4 Å². The fraction of sp³-hybridized carbons (Fsp3) is 0.444. The van der Waals surface area contributed by atoms with Crippen LogP contribution in [0.3, 0.4) is 0 Å². The molecule has 0 unspecified atom stereocenters. The highest BCUT2D eigenvalue weighted by atomic mass is 32.1. The molecule has 0 amide bonds. The summed E-state index contributed by atoms with van der Waals surface area (Å²) in [5.41, 5.74) is 2.32. The van der Waals surface area contributed by atoms with Gasteiger partial charge in [-0.3, -0.25) is 4.99 Å². The van der Waals surface area contributed by atoms with Crippen LogP contribution in [0.2, 0.25) is 0 Å². The van der Waals surface area contributed by atoms with Crippen LogP contribution in [-0.2, 0) is 6.54 Å². The standard InChI is InChI=1S/C18H26N4OS/c1-13-6-8-16(9-7-13)23-11-10-22(5)18(19-4)20-12-17-14(2)21-15(3)24-17/h6-9H,10-12H2,1-5H3,(H,19,20). The number of nitrogens with one attached hydrogen (secondary N) is 1. The molecular weight excluding hydrogens is 320 g/mol. The van der Waals surface area contributed by atoms with Crippen LogP contribution in [0.1, 0.15) is 21.1 Å². The molecular formula is C18H26N4OS. The topological polar surface area (TPSA) is 49.8 Å². The van der Waals surface area contributed by atoms with E-state index in [0.717, 1.165) is 35.5 Å². The number of aryl methyl sites for hydroxylation is 3. The van der Waals surface area contributed by atoms with E-state index in [4.69, 9.17) is 4.74 Å². The zero-order valence-corrected chi connectivity index (χ0v) is 15.9. The van der Waals surface area contributed by atoms with Crippen LogP contribution >= 0.6 is 11.3 Å². The van der Waals surface area contributed by atoms with Gasteiger partial charge in [0.1, 0.15) is 12.4 Å². The van der Waals surface area contributed by atoms with Crippen LogP contribution in [0.5, 0.6) is 5.75 Å². The molecule has 5 nitrogen and oxygen atoms in total. The van der Waals surface area contributed by atoms with Gasteiger partial charge in [0.25, 0.3) is 0 Å². The number of benzene rings is 1. The fourth-order valence-electron chi connectivity index (χ4n) is 2.32. The minimum Gasteiger partial charge on any atom is -0.492 e. The predicted octanol–water partition coefficient (Wildman–Crippen LogP) is 3.15. The molecule has 130 valence electrons. The van der Waals surface area contributed by atoms with Gasteiger partial charge in [-0.25, -0.2) is 4.98 Å². The second-order valence-electron chi connectivity index (χ2n) is 5.73. The van der Waals surface area contributed by atoms with E-state index in [-0.39, 0.29) is 0 Å². The first-order chi connectivity index (χ1) is 11.5. The lowest BCUT2D eigenvalue weighted by atomic mass is 10.2. The molecule has 0 saturated heterocycles. The van der Waals surface area contributed by atoms with Gasteiger partial charge in [-0.2, -0.15) is 0 Å². The van der Waals surface area contributed by atoms with Crippen molar-refractivity contribution in [2.24, 2.45) is 4.99 Å². The van der Waals surface area contributed by atoms with Crippen molar-refractivity contribution < 1.29 is 4.74 Å². The van der Waals surface area contributed by atoms with Crippen LogP contribution in [0.25, 0.3) is 0 Å². The molecule has 0 fully saturated rings. The summed E-state index contributed by atoms with van der Waals surface area (Å²) < 4.78 is 5.78. The Balaban J connectivity index is 1.79. The molecule has 24 heavy (non-hydrogen) atoms.